The summed E-state index contributed by atoms with van der Waals surface area (Å²) in [5.41, 5.74) is 0. The Kier molecular flexibility index (Phi) is 13.5. The van der Waals surface area contributed by atoms with E-state index in [4.69, 9.17) is 0 Å². The van der Waals surface area contributed by atoms with Crippen LogP contribution in [0.2, 0.25) is 0 Å². The molecule has 0 amide bonds. The van der Waals surface area contributed by atoms with Crippen LogP contribution in [-0.2, 0) is 0 Å². The van der Waals surface area contributed by atoms with Crippen LogP contribution in [0.3, 0.4) is 0 Å². The minimum absolute atomic E-state index is 0.750. The highest BCUT2D eigenvalue weighted by atomic mass is 14.9. The molecule has 0 heterocycles. The second-order valence-corrected chi connectivity index (χ2v) is 5.12. The average Bonchev–Trinajstić information content (AvgIpc) is 2.36. The molecule has 0 aliphatic rings. The summed E-state index contributed by atoms with van der Waals surface area (Å²) in [6, 6.07) is 0.750. The normalized spacial score (nSPS) is 12.6. The summed E-state index contributed by atoms with van der Waals surface area (Å²) in [6.45, 7) is 6.04. The van der Waals surface area contributed by atoms with Crippen LogP contribution in [0.15, 0.2) is 12.7 Å². The summed E-state index contributed by atoms with van der Waals surface area (Å²) in [4.78, 5) is 0. The van der Waals surface area contributed by atoms with Crippen molar-refractivity contribution in [2.24, 2.45) is 0 Å². The van der Waals surface area contributed by atoms with E-state index < -0.39 is 0 Å². The van der Waals surface area contributed by atoms with Crippen LogP contribution < -0.4 is 5.32 Å². The smallest absolute Gasteiger partial charge is 0.00640 e. The first-order valence-electron chi connectivity index (χ1n) is 7.63. The molecular formula is C16H33N. The molecule has 0 saturated carbocycles. The number of rotatable bonds is 13. The lowest BCUT2D eigenvalue weighted by molar-refractivity contribution is 0.440. The van der Waals surface area contributed by atoms with Crippen LogP contribution in [-0.4, -0.2) is 13.1 Å². The molecule has 0 radical (unpaired) electrons. The molecule has 0 aromatic carbocycles. The van der Waals surface area contributed by atoms with Gasteiger partial charge in [0.2, 0.25) is 0 Å². The fraction of sp³-hybridized carbons (Fsp3) is 0.875. The minimum Gasteiger partial charge on any atom is -0.317 e. The molecule has 0 aromatic rings. The van der Waals surface area contributed by atoms with E-state index >= 15 is 0 Å². The first-order chi connectivity index (χ1) is 8.35. The predicted octanol–water partition coefficient (Wildman–Crippen LogP) is 5.07. The molecular weight excluding hydrogens is 206 g/mol. The third-order valence-corrected chi connectivity index (χ3v) is 3.53. The maximum atomic E-state index is 3.76. The third-order valence-electron chi connectivity index (χ3n) is 3.53. The van der Waals surface area contributed by atoms with Crippen molar-refractivity contribution in [1.29, 1.82) is 0 Å². The van der Waals surface area contributed by atoms with E-state index in [1.807, 2.05) is 6.08 Å². The van der Waals surface area contributed by atoms with E-state index in [0.717, 1.165) is 6.04 Å². The number of unbranched alkanes of at least 4 members (excludes halogenated alkanes) is 7. The van der Waals surface area contributed by atoms with E-state index in [0.29, 0.717) is 0 Å². The van der Waals surface area contributed by atoms with Gasteiger partial charge in [0.1, 0.15) is 0 Å². The molecule has 0 saturated heterocycles. The standard InChI is InChI=1S/C16H33N/c1-4-6-8-10-12-14-16(17-3)15-13-11-9-7-5-2/h4,16-17H,1,5-15H2,2-3H3. The van der Waals surface area contributed by atoms with Crippen LogP contribution in [0.4, 0.5) is 0 Å². The van der Waals surface area contributed by atoms with Gasteiger partial charge in [-0.15, -0.1) is 6.58 Å². The third kappa shape index (κ3) is 12.0. The Balaban J connectivity index is 3.32. The summed E-state index contributed by atoms with van der Waals surface area (Å²) in [7, 11) is 2.11. The maximum Gasteiger partial charge on any atom is 0.00640 e. The van der Waals surface area contributed by atoms with E-state index in [1.54, 1.807) is 0 Å². The van der Waals surface area contributed by atoms with E-state index in [2.05, 4.69) is 25.9 Å². The Morgan fingerprint density at radius 2 is 1.53 bits per heavy atom. The average molecular weight is 239 g/mol. The highest BCUT2D eigenvalue weighted by Crippen LogP contribution is 2.12. The quantitative estimate of drug-likeness (QED) is 0.349. The lowest BCUT2D eigenvalue weighted by atomic mass is 10.0. The lowest BCUT2D eigenvalue weighted by Crippen LogP contribution is -2.24. The van der Waals surface area contributed by atoms with E-state index in [9.17, 15) is 0 Å². The van der Waals surface area contributed by atoms with Crippen molar-refractivity contribution < 1.29 is 0 Å². The molecule has 17 heavy (non-hydrogen) atoms. The summed E-state index contributed by atoms with van der Waals surface area (Å²) in [5, 5.41) is 3.46. The molecule has 0 rings (SSSR count). The monoisotopic (exact) mass is 239 g/mol. The van der Waals surface area contributed by atoms with Gasteiger partial charge >= 0.3 is 0 Å². The minimum atomic E-state index is 0.750. The Morgan fingerprint density at radius 1 is 0.941 bits per heavy atom. The number of allylic oxidation sites excluding steroid dienone is 1. The zero-order valence-electron chi connectivity index (χ0n) is 12.1. The molecule has 1 nitrogen and oxygen atoms in total. The van der Waals surface area contributed by atoms with Gasteiger partial charge in [0.15, 0.2) is 0 Å². The molecule has 1 heteroatoms. The van der Waals surface area contributed by atoms with Gasteiger partial charge in [0, 0.05) is 6.04 Å². The summed E-state index contributed by atoms with van der Waals surface area (Å²) in [6.07, 6.45) is 17.0. The topological polar surface area (TPSA) is 12.0 Å². The first-order valence-corrected chi connectivity index (χ1v) is 7.63. The van der Waals surface area contributed by atoms with Crippen molar-refractivity contribution in [1.82, 2.24) is 5.32 Å². The van der Waals surface area contributed by atoms with Gasteiger partial charge in [-0.1, -0.05) is 57.9 Å². The van der Waals surface area contributed by atoms with Crippen LogP contribution in [0.5, 0.6) is 0 Å². The molecule has 0 aliphatic carbocycles. The van der Waals surface area contributed by atoms with Crippen LogP contribution in [0, 0.1) is 0 Å². The number of hydrogen-bond donors (Lipinski definition) is 1. The summed E-state index contributed by atoms with van der Waals surface area (Å²) < 4.78 is 0. The molecule has 102 valence electrons. The van der Waals surface area contributed by atoms with Crippen molar-refractivity contribution in [3.05, 3.63) is 12.7 Å². The molecule has 0 bridgehead atoms. The van der Waals surface area contributed by atoms with Gasteiger partial charge in [-0.2, -0.15) is 0 Å². The Bertz CT molecular complexity index is 154. The Labute approximate surface area is 109 Å². The maximum absolute atomic E-state index is 3.76. The predicted molar refractivity (Wildman–Crippen MR) is 79.5 cm³/mol. The molecule has 1 N–H and O–H groups in total. The van der Waals surface area contributed by atoms with Crippen LogP contribution in [0.25, 0.3) is 0 Å². The number of nitrogens with one attached hydrogen (secondary N) is 1. The summed E-state index contributed by atoms with van der Waals surface area (Å²) >= 11 is 0. The molecule has 1 unspecified atom stereocenters. The number of hydrogen-bond acceptors (Lipinski definition) is 1. The lowest BCUT2D eigenvalue weighted by Gasteiger charge is -2.15. The first kappa shape index (κ1) is 16.7. The van der Waals surface area contributed by atoms with Gasteiger partial charge in [0.25, 0.3) is 0 Å². The fourth-order valence-electron chi connectivity index (χ4n) is 2.28. The second kappa shape index (κ2) is 13.8. The van der Waals surface area contributed by atoms with Crippen LogP contribution >= 0.6 is 0 Å². The van der Waals surface area contributed by atoms with Crippen molar-refractivity contribution in [2.75, 3.05) is 7.05 Å². The highest BCUT2D eigenvalue weighted by Gasteiger charge is 2.04. The van der Waals surface area contributed by atoms with Crippen molar-refractivity contribution in [3.63, 3.8) is 0 Å². The van der Waals surface area contributed by atoms with E-state index in [1.165, 1.54) is 70.6 Å². The summed E-state index contributed by atoms with van der Waals surface area (Å²) in [5.74, 6) is 0. The van der Waals surface area contributed by atoms with Crippen LogP contribution in [0.1, 0.15) is 77.6 Å². The SMILES string of the molecule is C=CCCCCCC(CCCCCCC)NC. The molecule has 0 fully saturated rings. The zero-order chi connectivity index (χ0) is 12.8. The van der Waals surface area contributed by atoms with Gasteiger partial charge < -0.3 is 5.32 Å². The van der Waals surface area contributed by atoms with Crippen molar-refractivity contribution >= 4 is 0 Å². The second-order valence-electron chi connectivity index (χ2n) is 5.12. The fourth-order valence-corrected chi connectivity index (χ4v) is 2.28. The van der Waals surface area contributed by atoms with Gasteiger partial charge in [0.05, 0.1) is 0 Å². The van der Waals surface area contributed by atoms with Gasteiger partial charge in [-0.25, -0.2) is 0 Å². The molecule has 0 spiro atoms. The Hall–Kier alpha value is -0.300. The largest absolute Gasteiger partial charge is 0.317 e. The molecule has 1 atom stereocenters. The van der Waals surface area contributed by atoms with Crippen molar-refractivity contribution in [2.45, 2.75) is 83.6 Å². The van der Waals surface area contributed by atoms with E-state index in [-0.39, 0.29) is 0 Å². The highest BCUT2D eigenvalue weighted by molar-refractivity contribution is 4.68. The Morgan fingerprint density at radius 3 is 2.06 bits per heavy atom. The van der Waals surface area contributed by atoms with Crippen molar-refractivity contribution in [3.8, 4) is 0 Å². The molecule has 0 aromatic heterocycles. The van der Waals surface area contributed by atoms with Gasteiger partial charge in [-0.05, 0) is 32.7 Å². The zero-order valence-corrected chi connectivity index (χ0v) is 12.1. The van der Waals surface area contributed by atoms with Gasteiger partial charge in [-0.3, -0.25) is 0 Å². The molecule has 0 aliphatic heterocycles.